The van der Waals surface area contributed by atoms with E-state index >= 15 is 0 Å². The van der Waals surface area contributed by atoms with Gasteiger partial charge in [-0.2, -0.15) is 0 Å². The summed E-state index contributed by atoms with van der Waals surface area (Å²) in [7, 11) is 0. The highest BCUT2D eigenvalue weighted by atomic mass is 16.3. The molecule has 27 heavy (non-hydrogen) atoms. The van der Waals surface area contributed by atoms with Crippen LogP contribution in [0.1, 0.15) is 55.7 Å². The molecular formula is C25H28O2. The van der Waals surface area contributed by atoms with Gasteiger partial charge in [0.05, 0.1) is 0 Å². The van der Waals surface area contributed by atoms with E-state index in [1.165, 1.54) is 16.7 Å². The highest BCUT2D eigenvalue weighted by Gasteiger charge is 2.50. The van der Waals surface area contributed by atoms with Gasteiger partial charge in [0.25, 0.3) is 0 Å². The van der Waals surface area contributed by atoms with Gasteiger partial charge in [-0.3, -0.25) is 0 Å². The standard InChI is InChI=1S/C25H28O2/c1-2-13-24(27)14-15-25(17-19-7-4-3-5-8-19)21(18-24)10-6-9-20-16-22(26)11-12-23(20)25/h3-5,7-8,11-12,16,21,26-27H,6,9-10,14-15,17-18H2,1H3/t21-,24-,25-/m0/s1. The predicted octanol–water partition coefficient (Wildman–Crippen LogP) is 4.76. The lowest BCUT2D eigenvalue weighted by molar-refractivity contribution is -0.00359. The summed E-state index contributed by atoms with van der Waals surface area (Å²) in [4.78, 5) is 0. The minimum atomic E-state index is -0.860. The fourth-order valence-electron chi connectivity index (χ4n) is 5.52. The van der Waals surface area contributed by atoms with E-state index in [0.717, 1.165) is 38.5 Å². The van der Waals surface area contributed by atoms with Crippen molar-refractivity contribution in [1.82, 2.24) is 0 Å². The van der Waals surface area contributed by atoms with Gasteiger partial charge in [0, 0.05) is 5.41 Å². The predicted molar refractivity (Wildman–Crippen MR) is 109 cm³/mol. The molecule has 0 unspecified atom stereocenters. The Morgan fingerprint density at radius 3 is 2.70 bits per heavy atom. The number of aromatic hydroxyl groups is 1. The molecule has 2 nitrogen and oxygen atoms in total. The van der Waals surface area contributed by atoms with Gasteiger partial charge in [-0.15, -0.1) is 5.92 Å². The normalized spacial score (nSPS) is 29.6. The summed E-state index contributed by atoms with van der Waals surface area (Å²) < 4.78 is 0. The first-order valence-electron chi connectivity index (χ1n) is 10.1. The van der Waals surface area contributed by atoms with Crippen molar-refractivity contribution < 1.29 is 10.2 Å². The largest absolute Gasteiger partial charge is 0.508 e. The zero-order chi connectivity index (χ0) is 18.9. The molecule has 1 saturated carbocycles. The molecule has 4 rings (SSSR count). The van der Waals surface area contributed by atoms with Crippen molar-refractivity contribution in [2.75, 3.05) is 0 Å². The van der Waals surface area contributed by atoms with E-state index in [-0.39, 0.29) is 5.41 Å². The Labute approximate surface area is 162 Å². The van der Waals surface area contributed by atoms with Crippen molar-refractivity contribution >= 4 is 0 Å². The molecule has 0 amide bonds. The van der Waals surface area contributed by atoms with Crippen molar-refractivity contribution in [3.05, 3.63) is 65.2 Å². The number of hydrogen-bond donors (Lipinski definition) is 2. The smallest absolute Gasteiger partial charge is 0.125 e. The molecule has 2 aromatic carbocycles. The third-order valence-corrected chi connectivity index (χ3v) is 6.69. The molecule has 0 aromatic heterocycles. The van der Waals surface area contributed by atoms with E-state index in [1.54, 1.807) is 0 Å². The van der Waals surface area contributed by atoms with Crippen molar-refractivity contribution in [2.45, 2.75) is 62.9 Å². The highest BCUT2D eigenvalue weighted by molar-refractivity contribution is 5.44. The maximum absolute atomic E-state index is 11.1. The van der Waals surface area contributed by atoms with Crippen LogP contribution in [-0.2, 0) is 18.3 Å². The molecule has 0 aliphatic heterocycles. The Kier molecular flexibility index (Phi) is 4.74. The monoisotopic (exact) mass is 360 g/mol. The number of benzene rings is 2. The van der Waals surface area contributed by atoms with Crippen molar-refractivity contribution in [3.63, 3.8) is 0 Å². The number of rotatable bonds is 2. The van der Waals surface area contributed by atoms with Gasteiger partial charge in [-0.25, -0.2) is 0 Å². The first kappa shape index (κ1) is 18.1. The second-order valence-corrected chi connectivity index (χ2v) is 8.36. The van der Waals surface area contributed by atoms with Gasteiger partial charge < -0.3 is 10.2 Å². The maximum atomic E-state index is 11.1. The lowest BCUT2D eigenvalue weighted by Gasteiger charge is -2.49. The van der Waals surface area contributed by atoms with Crippen LogP contribution in [0.5, 0.6) is 5.75 Å². The molecule has 2 heteroatoms. The summed E-state index contributed by atoms with van der Waals surface area (Å²) in [5.74, 6) is 6.78. The van der Waals surface area contributed by atoms with Crippen LogP contribution in [0.25, 0.3) is 0 Å². The molecule has 0 radical (unpaired) electrons. The quantitative estimate of drug-likeness (QED) is 0.758. The Bertz CT molecular complexity index is 876. The second-order valence-electron chi connectivity index (χ2n) is 8.36. The molecule has 0 spiro atoms. The van der Waals surface area contributed by atoms with Crippen LogP contribution >= 0.6 is 0 Å². The Morgan fingerprint density at radius 2 is 1.93 bits per heavy atom. The van der Waals surface area contributed by atoms with Gasteiger partial charge in [-0.1, -0.05) is 42.3 Å². The molecule has 140 valence electrons. The number of hydrogen-bond acceptors (Lipinski definition) is 2. The van der Waals surface area contributed by atoms with Crippen LogP contribution in [0.3, 0.4) is 0 Å². The number of aliphatic hydroxyl groups is 1. The van der Waals surface area contributed by atoms with Crippen molar-refractivity contribution in [3.8, 4) is 17.6 Å². The maximum Gasteiger partial charge on any atom is 0.125 e. The Morgan fingerprint density at radius 1 is 1.11 bits per heavy atom. The zero-order valence-corrected chi connectivity index (χ0v) is 16.0. The fourth-order valence-corrected chi connectivity index (χ4v) is 5.52. The van der Waals surface area contributed by atoms with Crippen LogP contribution in [0.4, 0.5) is 0 Å². The number of phenolic OH excluding ortho intramolecular Hbond substituents is 1. The number of fused-ring (bicyclic) bond motifs is 3. The fraction of sp³-hybridized carbons (Fsp3) is 0.440. The Balaban J connectivity index is 1.82. The summed E-state index contributed by atoms with van der Waals surface area (Å²) in [5.41, 5.74) is 3.14. The first-order chi connectivity index (χ1) is 13.0. The molecule has 0 saturated heterocycles. The molecule has 1 fully saturated rings. The van der Waals surface area contributed by atoms with E-state index in [0.29, 0.717) is 18.1 Å². The highest BCUT2D eigenvalue weighted by Crippen LogP contribution is 2.53. The average Bonchev–Trinajstić information content (AvgIpc) is 2.79. The molecule has 2 N–H and O–H groups in total. The van der Waals surface area contributed by atoms with Crippen LogP contribution in [0, 0.1) is 17.8 Å². The Hall–Kier alpha value is -2.24. The van der Waals surface area contributed by atoms with Gasteiger partial charge in [0.2, 0.25) is 0 Å². The van der Waals surface area contributed by atoms with Gasteiger partial charge in [0.1, 0.15) is 11.4 Å². The summed E-state index contributed by atoms with van der Waals surface area (Å²) >= 11 is 0. The summed E-state index contributed by atoms with van der Waals surface area (Å²) in [6, 6.07) is 16.6. The van der Waals surface area contributed by atoms with Crippen LogP contribution in [0.2, 0.25) is 0 Å². The van der Waals surface area contributed by atoms with E-state index in [1.807, 2.05) is 19.1 Å². The minimum Gasteiger partial charge on any atom is -0.508 e. The summed E-state index contributed by atoms with van der Waals surface area (Å²) in [6.07, 6.45) is 6.53. The van der Waals surface area contributed by atoms with Gasteiger partial charge in [0.15, 0.2) is 0 Å². The topological polar surface area (TPSA) is 40.5 Å². The molecule has 3 atom stereocenters. The van der Waals surface area contributed by atoms with Gasteiger partial charge >= 0.3 is 0 Å². The zero-order valence-electron chi connectivity index (χ0n) is 16.0. The summed E-state index contributed by atoms with van der Waals surface area (Å²) in [5, 5.41) is 21.1. The van der Waals surface area contributed by atoms with Crippen molar-refractivity contribution in [2.24, 2.45) is 5.92 Å². The molecule has 2 aliphatic carbocycles. The third kappa shape index (κ3) is 3.37. The minimum absolute atomic E-state index is 0.00252. The lowest BCUT2D eigenvalue weighted by atomic mass is 9.56. The van der Waals surface area contributed by atoms with E-state index in [9.17, 15) is 10.2 Å². The molecule has 0 heterocycles. The summed E-state index contributed by atoms with van der Waals surface area (Å²) in [6.45, 7) is 1.81. The van der Waals surface area contributed by atoms with Crippen molar-refractivity contribution in [1.29, 1.82) is 0 Å². The van der Waals surface area contributed by atoms with Crippen LogP contribution < -0.4 is 0 Å². The van der Waals surface area contributed by atoms with Crippen LogP contribution in [0.15, 0.2) is 48.5 Å². The SMILES string of the molecule is CC#C[C@]1(O)CC[C@@]2(Cc3ccccc3)c3ccc(O)cc3CCC[C@H]2C1. The van der Waals surface area contributed by atoms with E-state index in [4.69, 9.17) is 0 Å². The average molecular weight is 360 g/mol. The molecular weight excluding hydrogens is 332 g/mol. The molecule has 0 bridgehead atoms. The van der Waals surface area contributed by atoms with Crippen LogP contribution in [-0.4, -0.2) is 15.8 Å². The lowest BCUT2D eigenvalue weighted by Crippen LogP contribution is -2.48. The van der Waals surface area contributed by atoms with E-state index < -0.39 is 5.60 Å². The number of phenols is 1. The second kappa shape index (κ2) is 7.06. The molecule has 2 aliphatic rings. The first-order valence-corrected chi connectivity index (χ1v) is 10.1. The van der Waals surface area contributed by atoms with E-state index in [2.05, 4.69) is 48.2 Å². The third-order valence-electron chi connectivity index (χ3n) is 6.69. The number of aryl methyl sites for hydroxylation is 1. The molecule has 2 aromatic rings. The van der Waals surface area contributed by atoms with Gasteiger partial charge in [-0.05, 0) is 86.6 Å².